The first-order valence-electron chi connectivity index (χ1n) is 3.81. The molecule has 1 aromatic rings. The molecule has 0 fully saturated rings. The Bertz CT molecular complexity index is 283. The topological polar surface area (TPSA) is 53.4 Å². The fraction of sp³-hybridized carbons (Fsp3) is 0.500. The number of carbonyl (C=O) groups is 1. The van der Waals surface area contributed by atoms with Gasteiger partial charge in [-0.05, 0) is 0 Å². The molecule has 0 amide bonds. The zero-order valence-electron chi connectivity index (χ0n) is 7.69. The third-order valence-corrected chi connectivity index (χ3v) is 1.54. The van der Waals surface area contributed by atoms with Gasteiger partial charge in [-0.15, -0.1) is 0 Å². The first-order valence-corrected chi connectivity index (χ1v) is 3.81. The van der Waals surface area contributed by atoms with Crippen LogP contribution in [0, 0.1) is 0 Å². The van der Waals surface area contributed by atoms with Gasteiger partial charge in [-0.25, -0.2) is 4.68 Å². The van der Waals surface area contributed by atoms with Crippen molar-refractivity contribution in [1.82, 2.24) is 9.78 Å². The maximum absolute atomic E-state index is 10.6. The summed E-state index contributed by atoms with van der Waals surface area (Å²) in [7, 11) is 3.13. The molecule has 13 heavy (non-hydrogen) atoms. The molecule has 0 N–H and O–H groups in total. The van der Waals surface area contributed by atoms with Gasteiger partial charge in [0.1, 0.15) is 6.73 Å². The lowest BCUT2D eigenvalue weighted by Gasteiger charge is -1.96. The van der Waals surface area contributed by atoms with Gasteiger partial charge >= 0.3 is 0 Å². The van der Waals surface area contributed by atoms with E-state index in [0.717, 1.165) is 6.29 Å². The lowest BCUT2D eigenvalue weighted by Crippen LogP contribution is -2.01. The van der Waals surface area contributed by atoms with Crippen LogP contribution < -0.4 is 0 Å². The number of hydrogen-bond acceptors (Lipinski definition) is 4. The summed E-state index contributed by atoms with van der Waals surface area (Å²) in [5.74, 6) is 0. The SMILES string of the molecule is COCc1nn(COC)cc1C=O. The number of aromatic nitrogens is 2. The number of carbonyl (C=O) groups excluding carboxylic acids is 1. The van der Waals surface area contributed by atoms with Gasteiger partial charge in [-0.2, -0.15) is 5.10 Å². The minimum Gasteiger partial charge on any atom is -0.378 e. The molecule has 5 nitrogen and oxygen atoms in total. The molecular formula is C8H12N2O3. The van der Waals surface area contributed by atoms with Crippen LogP contribution in [0.3, 0.4) is 0 Å². The Morgan fingerprint density at radius 3 is 2.85 bits per heavy atom. The highest BCUT2D eigenvalue weighted by molar-refractivity contribution is 5.75. The molecule has 0 aliphatic rings. The lowest BCUT2D eigenvalue weighted by molar-refractivity contribution is 0.111. The Kier molecular flexibility index (Phi) is 3.60. The largest absolute Gasteiger partial charge is 0.378 e. The highest BCUT2D eigenvalue weighted by Gasteiger charge is 2.06. The minimum absolute atomic E-state index is 0.338. The van der Waals surface area contributed by atoms with E-state index in [0.29, 0.717) is 24.6 Å². The zero-order valence-corrected chi connectivity index (χ0v) is 7.69. The van der Waals surface area contributed by atoms with Gasteiger partial charge in [0.05, 0.1) is 17.9 Å². The van der Waals surface area contributed by atoms with Gasteiger partial charge in [0.15, 0.2) is 6.29 Å². The van der Waals surface area contributed by atoms with Crippen molar-refractivity contribution in [2.75, 3.05) is 14.2 Å². The Labute approximate surface area is 76.3 Å². The smallest absolute Gasteiger partial charge is 0.153 e. The predicted octanol–water partition coefficient (Wildman–Crippen LogP) is 0.446. The first-order chi connectivity index (χ1) is 6.31. The number of aldehydes is 1. The molecule has 1 rings (SSSR count). The Balaban J connectivity index is 2.83. The van der Waals surface area contributed by atoms with E-state index in [1.54, 1.807) is 25.1 Å². The second-order valence-electron chi connectivity index (χ2n) is 2.54. The zero-order chi connectivity index (χ0) is 9.68. The third kappa shape index (κ3) is 2.37. The number of rotatable bonds is 5. The normalized spacial score (nSPS) is 10.3. The molecule has 0 radical (unpaired) electrons. The molecule has 0 aromatic carbocycles. The van der Waals surface area contributed by atoms with Crippen LogP contribution in [0.5, 0.6) is 0 Å². The van der Waals surface area contributed by atoms with Crippen LogP contribution in [-0.2, 0) is 22.8 Å². The summed E-state index contributed by atoms with van der Waals surface area (Å²) in [5, 5.41) is 4.10. The van der Waals surface area contributed by atoms with Crippen molar-refractivity contribution in [2.45, 2.75) is 13.3 Å². The van der Waals surface area contributed by atoms with Crippen molar-refractivity contribution < 1.29 is 14.3 Å². The Morgan fingerprint density at radius 1 is 1.54 bits per heavy atom. The van der Waals surface area contributed by atoms with Crippen molar-refractivity contribution >= 4 is 6.29 Å². The van der Waals surface area contributed by atoms with E-state index in [2.05, 4.69) is 5.10 Å². The molecule has 0 aliphatic carbocycles. The second kappa shape index (κ2) is 4.74. The fourth-order valence-corrected chi connectivity index (χ4v) is 1.02. The van der Waals surface area contributed by atoms with Crippen molar-refractivity contribution in [3.63, 3.8) is 0 Å². The summed E-state index contributed by atoms with van der Waals surface area (Å²) >= 11 is 0. The van der Waals surface area contributed by atoms with Crippen molar-refractivity contribution in [3.8, 4) is 0 Å². The van der Waals surface area contributed by atoms with E-state index < -0.39 is 0 Å². The number of nitrogens with zero attached hydrogens (tertiary/aromatic N) is 2. The molecule has 0 aliphatic heterocycles. The van der Waals surface area contributed by atoms with Gasteiger partial charge in [0.2, 0.25) is 0 Å². The molecule has 0 spiro atoms. The van der Waals surface area contributed by atoms with Crippen LogP contribution in [-0.4, -0.2) is 30.3 Å². The molecule has 1 aromatic heterocycles. The molecule has 0 bridgehead atoms. The van der Waals surface area contributed by atoms with Crippen molar-refractivity contribution in [2.24, 2.45) is 0 Å². The second-order valence-corrected chi connectivity index (χ2v) is 2.54. The molecule has 0 saturated heterocycles. The molecule has 1 heterocycles. The minimum atomic E-state index is 0.338. The molecule has 5 heteroatoms. The molecule has 0 atom stereocenters. The van der Waals surface area contributed by atoms with Crippen LogP contribution in [0.25, 0.3) is 0 Å². The van der Waals surface area contributed by atoms with Gasteiger partial charge in [-0.1, -0.05) is 0 Å². The van der Waals surface area contributed by atoms with Crippen LogP contribution in [0.4, 0.5) is 0 Å². The van der Waals surface area contributed by atoms with E-state index in [1.165, 1.54) is 0 Å². The quantitative estimate of drug-likeness (QED) is 0.623. The van der Waals surface area contributed by atoms with E-state index in [1.807, 2.05) is 0 Å². The Hall–Kier alpha value is -1.20. The van der Waals surface area contributed by atoms with Gasteiger partial charge in [0, 0.05) is 20.4 Å². The first kappa shape index (κ1) is 9.88. The maximum atomic E-state index is 10.6. The summed E-state index contributed by atoms with van der Waals surface area (Å²) < 4.78 is 11.3. The summed E-state index contributed by atoms with van der Waals surface area (Å²) in [6, 6.07) is 0. The predicted molar refractivity (Wildman–Crippen MR) is 45.3 cm³/mol. The average Bonchev–Trinajstić information content (AvgIpc) is 2.49. The number of ether oxygens (including phenoxy) is 2. The summed E-state index contributed by atoms with van der Waals surface area (Å²) in [4.78, 5) is 10.6. The van der Waals surface area contributed by atoms with E-state index >= 15 is 0 Å². The molecule has 0 saturated carbocycles. The molecule has 72 valence electrons. The van der Waals surface area contributed by atoms with Crippen molar-refractivity contribution in [1.29, 1.82) is 0 Å². The third-order valence-electron chi connectivity index (χ3n) is 1.54. The van der Waals surface area contributed by atoms with Crippen LogP contribution in [0.15, 0.2) is 6.20 Å². The van der Waals surface area contributed by atoms with Gasteiger partial charge < -0.3 is 9.47 Å². The highest BCUT2D eigenvalue weighted by Crippen LogP contribution is 2.05. The van der Waals surface area contributed by atoms with Crippen LogP contribution >= 0.6 is 0 Å². The summed E-state index contributed by atoms with van der Waals surface area (Å²) in [6.07, 6.45) is 2.39. The lowest BCUT2D eigenvalue weighted by atomic mass is 10.3. The van der Waals surface area contributed by atoms with Crippen LogP contribution in [0.1, 0.15) is 16.1 Å². The molecular weight excluding hydrogens is 172 g/mol. The van der Waals surface area contributed by atoms with E-state index in [4.69, 9.17) is 9.47 Å². The monoisotopic (exact) mass is 184 g/mol. The highest BCUT2D eigenvalue weighted by atomic mass is 16.5. The van der Waals surface area contributed by atoms with Gasteiger partial charge in [-0.3, -0.25) is 4.79 Å². The van der Waals surface area contributed by atoms with Crippen molar-refractivity contribution in [3.05, 3.63) is 17.5 Å². The summed E-state index contributed by atoms with van der Waals surface area (Å²) in [6.45, 7) is 0.676. The van der Waals surface area contributed by atoms with Crippen LogP contribution in [0.2, 0.25) is 0 Å². The summed E-state index contributed by atoms with van der Waals surface area (Å²) in [5.41, 5.74) is 1.17. The fourth-order valence-electron chi connectivity index (χ4n) is 1.02. The maximum Gasteiger partial charge on any atom is 0.153 e. The number of methoxy groups -OCH3 is 2. The average molecular weight is 184 g/mol. The number of hydrogen-bond donors (Lipinski definition) is 0. The van der Waals surface area contributed by atoms with E-state index in [9.17, 15) is 4.79 Å². The Morgan fingerprint density at radius 2 is 2.31 bits per heavy atom. The van der Waals surface area contributed by atoms with Gasteiger partial charge in [0.25, 0.3) is 0 Å². The standard InChI is InChI=1S/C8H12N2O3/c1-12-5-8-7(4-11)3-10(9-8)6-13-2/h3-4H,5-6H2,1-2H3. The molecule has 0 unspecified atom stereocenters. The van der Waals surface area contributed by atoms with E-state index in [-0.39, 0.29) is 0 Å².